The average molecular weight is 475 g/mol. The molecule has 4 aromatic rings. The molecule has 0 aliphatic carbocycles. The summed E-state index contributed by atoms with van der Waals surface area (Å²) >= 11 is 0. The van der Waals surface area contributed by atoms with E-state index in [2.05, 4.69) is 55.2 Å². The average Bonchev–Trinajstić information content (AvgIpc) is 2.87. The van der Waals surface area contributed by atoms with Gasteiger partial charge in [-0.05, 0) is 35.4 Å². The fourth-order valence-corrected chi connectivity index (χ4v) is 3.52. The number of nitrogens with zero attached hydrogens (tertiary/aromatic N) is 2. The zero-order valence-corrected chi connectivity index (χ0v) is 19.4. The smallest absolute Gasteiger partial charge is 0.414 e. The number of carboxylic acid groups (broad SMARTS) is 2. The van der Waals surface area contributed by atoms with E-state index in [9.17, 15) is 4.79 Å². The van der Waals surface area contributed by atoms with Crippen LogP contribution in [-0.4, -0.2) is 38.3 Å². The Labute approximate surface area is 202 Å². The van der Waals surface area contributed by atoms with Gasteiger partial charge in [0.2, 0.25) is 0 Å². The van der Waals surface area contributed by atoms with Crippen molar-refractivity contribution in [3.63, 3.8) is 0 Å². The van der Waals surface area contributed by atoms with Crippen LogP contribution in [0.25, 0.3) is 10.9 Å². The number of para-hydroxylation sites is 1. The van der Waals surface area contributed by atoms with Crippen molar-refractivity contribution < 1.29 is 24.5 Å². The summed E-state index contributed by atoms with van der Waals surface area (Å²) in [5, 5.41) is 15.4. The van der Waals surface area contributed by atoms with Gasteiger partial charge in [-0.1, -0.05) is 68.4 Å². The van der Waals surface area contributed by atoms with Gasteiger partial charge in [0.15, 0.2) is 0 Å². The van der Waals surface area contributed by atoms with Crippen LogP contribution < -0.4 is 10.3 Å². The summed E-state index contributed by atoms with van der Waals surface area (Å²) in [5.41, 5.74) is 3.09. The van der Waals surface area contributed by atoms with Crippen LogP contribution in [0.3, 0.4) is 0 Å². The molecule has 1 heterocycles. The number of aromatic nitrogens is 2. The van der Waals surface area contributed by atoms with Gasteiger partial charge in [-0.2, -0.15) is 0 Å². The number of benzene rings is 3. The van der Waals surface area contributed by atoms with E-state index in [0.29, 0.717) is 24.1 Å². The molecule has 180 valence electrons. The second-order valence-corrected chi connectivity index (χ2v) is 8.23. The van der Waals surface area contributed by atoms with E-state index in [0.717, 1.165) is 5.75 Å². The molecule has 0 aliphatic rings. The summed E-state index contributed by atoms with van der Waals surface area (Å²) in [6.07, 6.45) is 1.58. The molecule has 35 heavy (non-hydrogen) atoms. The summed E-state index contributed by atoms with van der Waals surface area (Å²) in [5.74, 6) is -2.86. The molecular formula is C27H26N2O6. The lowest BCUT2D eigenvalue weighted by Gasteiger charge is -2.26. The lowest BCUT2D eigenvalue weighted by Crippen LogP contribution is -2.23. The van der Waals surface area contributed by atoms with Gasteiger partial charge in [-0.15, -0.1) is 0 Å². The zero-order chi connectivity index (χ0) is 25.4. The molecule has 0 radical (unpaired) electrons. The van der Waals surface area contributed by atoms with Crippen LogP contribution in [0.5, 0.6) is 5.75 Å². The van der Waals surface area contributed by atoms with Crippen molar-refractivity contribution in [2.75, 3.05) is 6.61 Å². The molecule has 8 heteroatoms. The van der Waals surface area contributed by atoms with Gasteiger partial charge in [0, 0.05) is 5.41 Å². The highest BCUT2D eigenvalue weighted by molar-refractivity contribution is 6.27. The van der Waals surface area contributed by atoms with Gasteiger partial charge in [-0.3, -0.25) is 9.36 Å². The third-order valence-corrected chi connectivity index (χ3v) is 5.59. The quantitative estimate of drug-likeness (QED) is 0.406. The van der Waals surface area contributed by atoms with Crippen molar-refractivity contribution in [2.45, 2.75) is 25.8 Å². The van der Waals surface area contributed by atoms with Crippen molar-refractivity contribution in [3.05, 3.63) is 107 Å². The second-order valence-electron chi connectivity index (χ2n) is 8.23. The number of fused-ring (bicyclic) bond motifs is 1. The topological polar surface area (TPSA) is 119 Å². The largest absolute Gasteiger partial charge is 0.492 e. The van der Waals surface area contributed by atoms with Crippen LogP contribution >= 0.6 is 0 Å². The number of carbonyl (C=O) groups is 2. The van der Waals surface area contributed by atoms with Crippen LogP contribution in [0.4, 0.5) is 0 Å². The van der Waals surface area contributed by atoms with E-state index in [1.165, 1.54) is 11.1 Å². The molecule has 0 atom stereocenters. The molecule has 0 fully saturated rings. The van der Waals surface area contributed by atoms with E-state index >= 15 is 0 Å². The first-order chi connectivity index (χ1) is 16.7. The summed E-state index contributed by atoms with van der Waals surface area (Å²) in [6.45, 7) is 5.30. The molecule has 0 saturated heterocycles. The standard InChI is InChI=1S/C25H24N2O2.C2H2O4/c1-25(2,19-8-4-3-5-9-19)20-12-14-21(15-13-20)29-17-16-27-18-26-23-11-7-6-10-22(23)24(27)28;3-1(4)2(5)6/h3-15,18H,16-17H2,1-2H3;(H,3,4)(H,5,6). The fourth-order valence-electron chi connectivity index (χ4n) is 3.52. The van der Waals surface area contributed by atoms with E-state index < -0.39 is 11.9 Å². The highest BCUT2D eigenvalue weighted by atomic mass is 16.5. The van der Waals surface area contributed by atoms with Crippen molar-refractivity contribution >= 4 is 22.8 Å². The Morgan fingerprint density at radius 1 is 0.857 bits per heavy atom. The molecule has 8 nitrogen and oxygen atoms in total. The third kappa shape index (κ3) is 6.32. The Morgan fingerprint density at radius 2 is 1.43 bits per heavy atom. The molecule has 1 aromatic heterocycles. The molecule has 0 unspecified atom stereocenters. The lowest BCUT2D eigenvalue weighted by atomic mass is 9.78. The molecule has 2 N–H and O–H groups in total. The Balaban J connectivity index is 0.000000509. The van der Waals surface area contributed by atoms with Crippen molar-refractivity contribution in [1.82, 2.24) is 9.55 Å². The highest BCUT2D eigenvalue weighted by Gasteiger charge is 2.22. The van der Waals surface area contributed by atoms with Crippen LogP contribution in [-0.2, 0) is 21.5 Å². The molecule has 0 saturated carbocycles. The summed E-state index contributed by atoms with van der Waals surface area (Å²) < 4.78 is 7.46. The van der Waals surface area contributed by atoms with E-state index in [4.69, 9.17) is 24.5 Å². The minimum Gasteiger partial charge on any atom is -0.492 e. The predicted octanol–water partition coefficient (Wildman–Crippen LogP) is 3.96. The van der Waals surface area contributed by atoms with Gasteiger partial charge < -0.3 is 14.9 Å². The maximum absolute atomic E-state index is 12.5. The minimum atomic E-state index is -1.82. The Morgan fingerprint density at radius 3 is 2.06 bits per heavy atom. The molecule has 0 bridgehead atoms. The summed E-state index contributed by atoms with van der Waals surface area (Å²) in [6, 6.07) is 26.0. The van der Waals surface area contributed by atoms with Gasteiger partial charge in [0.1, 0.15) is 12.4 Å². The van der Waals surface area contributed by atoms with Crippen LogP contribution in [0.15, 0.2) is 90.0 Å². The van der Waals surface area contributed by atoms with Gasteiger partial charge in [-0.25, -0.2) is 14.6 Å². The third-order valence-electron chi connectivity index (χ3n) is 5.59. The SMILES string of the molecule is CC(C)(c1ccccc1)c1ccc(OCCn2cnc3ccccc3c2=O)cc1.O=C(O)C(=O)O. The van der Waals surface area contributed by atoms with Crippen molar-refractivity contribution in [3.8, 4) is 5.75 Å². The molecule has 0 amide bonds. The summed E-state index contributed by atoms with van der Waals surface area (Å²) in [4.78, 5) is 35.1. The van der Waals surface area contributed by atoms with E-state index in [1.54, 1.807) is 17.0 Å². The number of aliphatic carboxylic acids is 2. The van der Waals surface area contributed by atoms with Gasteiger partial charge in [0.05, 0.1) is 23.8 Å². The first kappa shape index (κ1) is 25.2. The number of hydrogen-bond acceptors (Lipinski definition) is 5. The lowest BCUT2D eigenvalue weighted by molar-refractivity contribution is -0.159. The van der Waals surface area contributed by atoms with E-state index in [1.807, 2.05) is 36.4 Å². The number of carboxylic acids is 2. The maximum Gasteiger partial charge on any atom is 0.414 e. The Bertz CT molecular complexity index is 1350. The number of hydrogen-bond donors (Lipinski definition) is 2. The van der Waals surface area contributed by atoms with Crippen LogP contribution in [0, 0.1) is 0 Å². The van der Waals surface area contributed by atoms with Crippen molar-refractivity contribution in [1.29, 1.82) is 0 Å². The van der Waals surface area contributed by atoms with Crippen LogP contribution in [0.2, 0.25) is 0 Å². The molecule has 4 rings (SSSR count). The number of rotatable bonds is 6. The van der Waals surface area contributed by atoms with E-state index in [-0.39, 0.29) is 11.0 Å². The highest BCUT2D eigenvalue weighted by Crippen LogP contribution is 2.32. The van der Waals surface area contributed by atoms with Gasteiger partial charge in [0.25, 0.3) is 5.56 Å². The predicted molar refractivity (Wildman–Crippen MR) is 132 cm³/mol. The monoisotopic (exact) mass is 474 g/mol. The fraction of sp³-hybridized carbons (Fsp3) is 0.185. The minimum absolute atomic E-state index is 0.0424. The first-order valence-corrected chi connectivity index (χ1v) is 10.9. The maximum atomic E-state index is 12.5. The van der Waals surface area contributed by atoms with Gasteiger partial charge >= 0.3 is 11.9 Å². The zero-order valence-electron chi connectivity index (χ0n) is 19.4. The number of ether oxygens (including phenoxy) is 1. The normalized spacial score (nSPS) is 10.8. The first-order valence-electron chi connectivity index (χ1n) is 10.9. The Kier molecular flexibility index (Phi) is 7.99. The summed E-state index contributed by atoms with van der Waals surface area (Å²) in [7, 11) is 0. The second kappa shape index (κ2) is 11.1. The van der Waals surface area contributed by atoms with Crippen molar-refractivity contribution in [2.24, 2.45) is 0 Å². The molecular weight excluding hydrogens is 448 g/mol. The molecule has 0 aliphatic heterocycles. The molecule has 3 aromatic carbocycles. The molecule has 0 spiro atoms. The Hall–Kier alpha value is -4.46. The van der Waals surface area contributed by atoms with Crippen LogP contribution in [0.1, 0.15) is 25.0 Å².